The number of carbonyl (C=O) groups excluding carboxylic acids is 1. The van der Waals surface area contributed by atoms with Gasteiger partial charge in [-0.25, -0.2) is 8.42 Å². The van der Waals surface area contributed by atoms with Crippen molar-refractivity contribution in [1.29, 1.82) is 0 Å². The molecule has 2 aliphatic heterocycles. The molecule has 0 spiro atoms. The van der Waals surface area contributed by atoms with E-state index in [2.05, 4.69) is 11.4 Å². The first-order valence-corrected chi connectivity index (χ1v) is 10.1. The van der Waals surface area contributed by atoms with Crippen LogP contribution in [0.25, 0.3) is 0 Å². The lowest BCUT2D eigenvalue weighted by atomic mass is 10.1. The van der Waals surface area contributed by atoms with Crippen molar-refractivity contribution < 1.29 is 13.2 Å². The van der Waals surface area contributed by atoms with Gasteiger partial charge in [0.2, 0.25) is 5.91 Å². The highest BCUT2D eigenvalue weighted by Gasteiger charge is 2.32. The van der Waals surface area contributed by atoms with Crippen molar-refractivity contribution in [2.45, 2.75) is 18.9 Å². The van der Waals surface area contributed by atoms with Crippen molar-refractivity contribution in [1.82, 2.24) is 9.80 Å². The van der Waals surface area contributed by atoms with Crippen LogP contribution in [-0.4, -0.2) is 61.8 Å². The van der Waals surface area contributed by atoms with Gasteiger partial charge >= 0.3 is 0 Å². The molecule has 2 fully saturated rings. The molecule has 1 aromatic rings. The first-order valence-electron chi connectivity index (χ1n) is 7.29. The maximum absolute atomic E-state index is 12.5. The van der Waals surface area contributed by atoms with Gasteiger partial charge in [0.15, 0.2) is 9.84 Å². The highest BCUT2D eigenvalue weighted by Crippen LogP contribution is 2.33. The summed E-state index contributed by atoms with van der Waals surface area (Å²) in [4.78, 5) is 16.4. The Morgan fingerprint density at radius 3 is 2.71 bits per heavy atom. The topological polar surface area (TPSA) is 57.7 Å². The number of nitrogens with zero attached hydrogens (tertiary/aromatic N) is 2. The summed E-state index contributed by atoms with van der Waals surface area (Å²) in [5.74, 6) is 0.477. The minimum Gasteiger partial charge on any atom is -0.335 e. The molecular formula is C14H20N2O3S2. The Morgan fingerprint density at radius 2 is 2.05 bits per heavy atom. The summed E-state index contributed by atoms with van der Waals surface area (Å²) < 4.78 is 22.8. The average Bonchev–Trinajstić information content (AvgIpc) is 3.10. The lowest BCUT2D eigenvalue weighted by molar-refractivity contribution is -0.133. The SMILES string of the molecule is O=C(CN1CCS(=O)(=O)CC1)N1CCCC1c1ccsc1. The minimum atomic E-state index is -2.88. The van der Waals surface area contributed by atoms with Gasteiger partial charge in [0.1, 0.15) is 0 Å². The molecule has 1 aromatic heterocycles. The number of amides is 1. The summed E-state index contributed by atoms with van der Waals surface area (Å²) >= 11 is 1.66. The van der Waals surface area contributed by atoms with Crippen LogP contribution < -0.4 is 0 Å². The summed E-state index contributed by atoms with van der Waals surface area (Å²) in [6, 6.07) is 2.30. The van der Waals surface area contributed by atoms with Crippen molar-refractivity contribution in [3.8, 4) is 0 Å². The Hall–Kier alpha value is -0.920. The monoisotopic (exact) mass is 328 g/mol. The van der Waals surface area contributed by atoms with E-state index in [-0.39, 0.29) is 23.5 Å². The van der Waals surface area contributed by atoms with Gasteiger partial charge in [-0.15, -0.1) is 0 Å². The number of hydrogen-bond donors (Lipinski definition) is 0. The molecule has 0 bridgehead atoms. The molecule has 21 heavy (non-hydrogen) atoms. The third-order valence-electron chi connectivity index (χ3n) is 4.30. The third kappa shape index (κ3) is 3.46. The number of rotatable bonds is 3. The zero-order valence-electron chi connectivity index (χ0n) is 11.9. The molecule has 1 unspecified atom stereocenters. The van der Waals surface area contributed by atoms with E-state index in [9.17, 15) is 13.2 Å². The van der Waals surface area contributed by atoms with Crippen molar-refractivity contribution in [3.63, 3.8) is 0 Å². The molecule has 0 aliphatic carbocycles. The van der Waals surface area contributed by atoms with Gasteiger partial charge in [0.25, 0.3) is 0 Å². The van der Waals surface area contributed by atoms with Crippen molar-refractivity contribution in [2.24, 2.45) is 0 Å². The van der Waals surface area contributed by atoms with Crippen LogP contribution in [0.5, 0.6) is 0 Å². The number of hydrogen-bond acceptors (Lipinski definition) is 5. The first-order chi connectivity index (χ1) is 10.1. The minimum absolute atomic E-state index is 0.128. The van der Waals surface area contributed by atoms with Crippen LogP contribution in [0.4, 0.5) is 0 Å². The largest absolute Gasteiger partial charge is 0.335 e. The zero-order valence-corrected chi connectivity index (χ0v) is 13.5. The van der Waals surface area contributed by atoms with Crippen molar-refractivity contribution in [3.05, 3.63) is 22.4 Å². The van der Waals surface area contributed by atoms with Gasteiger partial charge in [-0.05, 0) is 35.2 Å². The fraction of sp³-hybridized carbons (Fsp3) is 0.643. The standard InChI is InChI=1S/C14H20N2O3S2/c17-14(10-15-5-8-21(18,19)9-6-15)16-4-1-2-13(16)12-3-7-20-11-12/h3,7,11,13H,1-2,4-6,8-10H2. The fourth-order valence-corrected chi connectivity index (χ4v) is 5.05. The van der Waals surface area contributed by atoms with Gasteiger partial charge < -0.3 is 4.90 Å². The second-order valence-electron chi connectivity index (χ2n) is 5.73. The molecule has 0 saturated carbocycles. The van der Waals surface area contributed by atoms with E-state index in [0.717, 1.165) is 19.4 Å². The smallest absolute Gasteiger partial charge is 0.237 e. The third-order valence-corrected chi connectivity index (χ3v) is 6.61. The summed E-state index contributed by atoms with van der Waals surface area (Å²) in [6.07, 6.45) is 2.07. The predicted molar refractivity (Wildman–Crippen MR) is 83.1 cm³/mol. The lowest BCUT2D eigenvalue weighted by Gasteiger charge is -2.30. The summed E-state index contributed by atoms with van der Waals surface area (Å²) in [5, 5.41) is 4.16. The molecule has 0 aromatic carbocycles. The van der Waals surface area contributed by atoms with E-state index in [1.807, 2.05) is 15.2 Å². The number of carbonyl (C=O) groups is 1. The molecule has 3 heterocycles. The predicted octanol–water partition coefficient (Wildman–Crippen LogP) is 1.14. The summed E-state index contributed by atoms with van der Waals surface area (Å²) in [6.45, 7) is 2.11. The Balaban J connectivity index is 1.60. The second-order valence-corrected chi connectivity index (χ2v) is 8.81. The molecule has 1 amide bonds. The van der Waals surface area contributed by atoms with E-state index in [0.29, 0.717) is 19.6 Å². The van der Waals surface area contributed by atoms with Crippen LogP contribution in [0.15, 0.2) is 16.8 Å². The summed E-state index contributed by atoms with van der Waals surface area (Å²) in [5.41, 5.74) is 1.23. The number of likely N-dealkylation sites (tertiary alicyclic amines) is 1. The van der Waals surface area contributed by atoms with Crippen LogP contribution in [0.3, 0.4) is 0 Å². The van der Waals surface area contributed by atoms with Gasteiger partial charge in [-0.1, -0.05) is 0 Å². The average molecular weight is 328 g/mol. The van der Waals surface area contributed by atoms with E-state index in [1.165, 1.54) is 5.56 Å². The normalized spacial score (nSPS) is 26.1. The second kappa shape index (κ2) is 6.06. The van der Waals surface area contributed by atoms with Gasteiger partial charge in [0.05, 0.1) is 24.1 Å². The Labute approximate surface area is 129 Å². The molecular weight excluding hydrogens is 308 g/mol. The first kappa shape index (κ1) is 15.0. The molecule has 116 valence electrons. The highest BCUT2D eigenvalue weighted by molar-refractivity contribution is 7.91. The van der Waals surface area contributed by atoms with E-state index in [1.54, 1.807) is 11.3 Å². The molecule has 7 heteroatoms. The van der Waals surface area contributed by atoms with Crippen LogP contribution >= 0.6 is 11.3 Å². The van der Waals surface area contributed by atoms with Crippen LogP contribution in [0.1, 0.15) is 24.4 Å². The molecule has 0 N–H and O–H groups in total. The Kier molecular flexibility index (Phi) is 4.33. The highest BCUT2D eigenvalue weighted by atomic mass is 32.2. The van der Waals surface area contributed by atoms with Crippen LogP contribution in [0, 0.1) is 0 Å². The fourth-order valence-electron chi connectivity index (χ4n) is 3.07. The molecule has 2 aliphatic rings. The number of sulfone groups is 1. The maximum atomic E-state index is 12.5. The van der Waals surface area contributed by atoms with Gasteiger partial charge in [-0.3, -0.25) is 9.69 Å². The lowest BCUT2D eigenvalue weighted by Crippen LogP contribution is -2.46. The van der Waals surface area contributed by atoms with Crippen molar-refractivity contribution in [2.75, 3.05) is 37.7 Å². The van der Waals surface area contributed by atoms with Gasteiger partial charge in [-0.2, -0.15) is 11.3 Å². The molecule has 0 radical (unpaired) electrons. The quantitative estimate of drug-likeness (QED) is 0.835. The Morgan fingerprint density at radius 1 is 1.29 bits per heavy atom. The zero-order chi connectivity index (χ0) is 14.9. The van der Waals surface area contributed by atoms with E-state index in [4.69, 9.17) is 0 Å². The maximum Gasteiger partial charge on any atom is 0.237 e. The molecule has 2 saturated heterocycles. The molecule has 5 nitrogen and oxygen atoms in total. The van der Waals surface area contributed by atoms with E-state index < -0.39 is 9.84 Å². The van der Waals surface area contributed by atoms with Gasteiger partial charge in [0, 0.05) is 19.6 Å². The van der Waals surface area contributed by atoms with E-state index >= 15 is 0 Å². The Bertz CT molecular complexity index is 584. The summed E-state index contributed by atoms with van der Waals surface area (Å²) in [7, 11) is -2.88. The molecule has 1 atom stereocenters. The number of thiophene rings is 1. The molecule has 3 rings (SSSR count). The van der Waals surface area contributed by atoms with Crippen LogP contribution in [0.2, 0.25) is 0 Å². The van der Waals surface area contributed by atoms with Crippen LogP contribution in [-0.2, 0) is 14.6 Å². The van der Waals surface area contributed by atoms with Crippen molar-refractivity contribution >= 4 is 27.1 Å².